The lowest BCUT2D eigenvalue weighted by Gasteiger charge is -2.25. The average molecular weight is 547 g/mol. The summed E-state index contributed by atoms with van der Waals surface area (Å²) in [7, 11) is 0. The molecular weight excluding hydrogens is 517 g/mol. The second-order valence-electron chi connectivity index (χ2n) is 9.19. The standard InChI is InChI=1S/C27H29Cl2N3O3S/c1-17(2)11-12-32(13-21(33)15-35-22-9-7-20(29)8-10-22)14-24-30-26(34)25-23(16-36-27(25)31-24)18-3-5-19(28)6-4-18/h3-10,16-17,21,33H,11-15H2,1-2H3,(H,30,31,34). The quantitative estimate of drug-likeness (QED) is 0.233. The molecule has 2 N–H and O–H groups in total. The van der Waals surface area contributed by atoms with Gasteiger partial charge in [-0.2, -0.15) is 0 Å². The Bertz CT molecular complexity index is 1340. The molecule has 0 saturated carbocycles. The molecule has 0 amide bonds. The second kappa shape index (κ2) is 12.2. The van der Waals surface area contributed by atoms with Crippen LogP contribution in [0.25, 0.3) is 21.3 Å². The van der Waals surface area contributed by atoms with Crippen molar-refractivity contribution in [1.82, 2.24) is 14.9 Å². The Kier molecular flexibility index (Phi) is 9.04. The van der Waals surface area contributed by atoms with Crippen molar-refractivity contribution in [3.05, 3.63) is 80.1 Å². The Balaban J connectivity index is 1.48. The van der Waals surface area contributed by atoms with E-state index in [1.807, 2.05) is 29.6 Å². The molecular formula is C27H29Cl2N3O3S. The van der Waals surface area contributed by atoms with E-state index in [4.69, 9.17) is 32.9 Å². The van der Waals surface area contributed by atoms with Crippen molar-refractivity contribution in [1.29, 1.82) is 0 Å². The zero-order valence-electron chi connectivity index (χ0n) is 20.2. The highest BCUT2D eigenvalue weighted by molar-refractivity contribution is 7.17. The first kappa shape index (κ1) is 26.6. The van der Waals surface area contributed by atoms with Crippen molar-refractivity contribution < 1.29 is 9.84 Å². The zero-order chi connectivity index (χ0) is 25.7. The van der Waals surface area contributed by atoms with Gasteiger partial charge in [-0.3, -0.25) is 9.69 Å². The number of ether oxygens (including phenoxy) is 1. The third-order valence-electron chi connectivity index (χ3n) is 5.77. The lowest BCUT2D eigenvalue weighted by atomic mass is 10.1. The number of aromatic amines is 1. The van der Waals surface area contributed by atoms with E-state index >= 15 is 0 Å². The largest absolute Gasteiger partial charge is 0.491 e. The van der Waals surface area contributed by atoms with Crippen LogP contribution in [-0.4, -0.2) is 45.8 Å². The van der Waals surface area contributed by atoms with Crippen molar-refractivity contribution in [2.75, 3.05) is 19.7 Å². The van der Waals surface area contributed by atoms with E-state index in [1.165, 1.54) is 11.3 Å². The van der Waals surface area contributed by atoms with Gasteiger partial charge in [0, 0.05) is 27.5 Å². The highest BCUT2D eigenvalue weighted by atomic mass is 35.5. The molecule has 0 aliphatic heterocycles. The predicted octanol–water partition coefficient (Wildman–Crippen LogP) is 6.25. The molecule has 0 aliphatic carbocycles. The third-order valence-corrected chi connectivity index (χ3v) is 7.15. The Labute approximate surface area is 224 Å². The number of halogens is 2. The van der Waals surface area contributed by atoms with Crippen LogP contribution in [0.3, 0.4) is 0 Å². The van der Waals surface area contributed by atoms with Crippen molar-refractivity contribution in [3.63, 3.8) is 0 Å². The highest BCUT2D eigenvalue weighted by Gasteiger charge is 2.18. The smallest absolute Gasteiger partial charge is 0.260 e. The van der Waals surface area contributed by atoms with Gasteiger partial charge in [0.2, 0.25) is 0 Å². The molecule has 1 atom stereocenters. The fourth-order valence-electron chi connectivity index (χ4n) is 3.87. The normalized spacial score (nSPS) is 12.5. The monoisotopic (exact) mass is 545 g/mol. The predicted molar refractivity (Wildman–Crippen MR) is 148 cm³/mol. The Hall–Kier alpha value is -2.42. The number of benzene rings is 2. The van der Waals surface area contributed by atoms with Gasteiger partial charge in [-0.05, 0) is 60.8 Å². The number of hydrogen-bond donors (Lipinski definition) is 2. The molecule has 2 aromatic carbocycles. The molecule has 0 bridgehead atoms. The first-order valence-corrected chi connectivity index (χ1v) is 13.5. The van der Waals surface area contributed by atoms with Gasteiger partial charge < -0.3 is 14.8 Å². The van der Waals surface area contributed by atoms with E-state index in [-0.39, 0.29) is 12.2 Å². The molecule has 4 rings (SSSR count). The number of aliphatic hydroxyl groups is 1. The van der Waals surface area contributed by atoms with Crippen molar-refractivity contribution in [2.24, 2.45) is 5.92 Å². The number of rotatable bonds is 11. The summed E-state index contributed by atoms with van der Waals surface area (Å²) in [5, 5.41) is 14.5. The van der Waals surface area contributed by atoms with Gasteiger partial charge in [-0.1, -0.05) is 49.2 Å². The number of H-pyrrole nitrogens is 1. The minimum atomic E-state index is -0.707. The summed E-state index contributed by atoms with van der Waals surface area (Å²) in [4.78, 5) is 23.6. The van der Waals surface area contributed by atoms with Gasteiger partial charge in [0.15, 0.2) is 0 Å². The van der Waals surface area contributed by atoms with Crippen LogP contribution < -0.4 is 10.3 Å². The molecule has 2 heterocycles. The fourth-order valence-corrected chi connectivity index (χ4v) is 5.09. The molecule has 0 radical (unpaired) electrons. The molecule has 190 valence electrons. The third kappa shape index (κ3) is 7.08. The lowest BCUT2D eigenvalue weighted by molar-refractivity contribution is 0.0631. The number of thiophene rings is 1. The zero-order valence-corrected chi connectivity index (χ0v) is 22.5. The Morgan fingerprint density at radius 3 is 2.42 bits per heavy atom. The highest BCUT2D eigenvalue weighted by Crippen LogP contribution is 2.31. The summed E-state index contributed by atoms with van der Waals surface area (Å²) in [5.41, 5.74) is 1.60. The van der Waals surface area contributed by atoms with E-state index in [2.05, 4.69) is 23.7 Å². The Morgan fingerprint density at radius 2 is 1.75 bits per heavy atom. The maximum Gasteiger partial charge on any atom is 0.260 e. The van der Waals surface area contributed by atoms with Crippen molar-refractivity contribution in [3.8, 4) is 16.9 Å². The van der Waals surface area contributed by atoms with Gasteiger partial charge in [0.05, 0.1) is 11.9 Å². The van der Waals surface area contributed by atoms with Crippen LogP contribution in [0.15, 0.2) is 58.7 Å². The van der Waals surface area contributed by atoms with E-state index < -0.39 is 6.10 Å². The lowest BCUT2D eigenvalue weighted by Crippen LogP contribution is -2.37. The SMILES string of the molecule is CC(C)CCN(Cc1nc2scc(-c3ccc(Cl)cc3)c2c(=O)[nH]1)CC(O)COc1ccc(Cl)cc1. The molecule has 0 aliphatic rings. The van der Waals surface area contributed by atoms with Crippen LogP contribution in [0.1, 0.15) is 26.1 Å². The number of fused-ring (bicyclic) bond motifs is 1. The topological polar surface area (TPSA) is 78.5 Å². The molecule has 4 aromatic rings. The number of nitrogens with one attached hydrogen (secondary N) is 1. The molecule has 0 fully saturated rings. The maximum atomic E-state index is 13.1. The van der Waals surface area contributed by atoms with Crippen LogP contribution in [0.5, 0.6) is 5.75 Å². The minimum Gasteiger partial charge on any atom is -0.491 e. The first-order chi connectivity index (χ1) is 17.3. The van der Waals surface area contributed by atoms with Crippen LogP contribution in [-0.2, 0) is 6.54 Å². The number of aromatic nitrogens is 2. The molecule has 0 spiro atoms. The van der Waals surface area contributed by atoms with Crippen LogP contribution in [0.2, 0.25) is 10.0 Å². The maximum absolute atomic E-state index is 13.1. The second-order valence-corrected chi connectivity index (χ2v) is 10.9. The fraction of sp³-hybridized carbons (Fsp3) is 0.333. The van der Waals surface area contributed by atoms with Gasteiger partial charge in [0.1, 0.15) is 29.1 Å². The molecule has 9 heteroatoms. The summed E-state index contributed by atoms with van der Waals surface area (Å²) >= 11 is 13.4. The van der Waals surface area contributed by atoms with Crippen LogP contribution in [0, 0.1) is 5.92 Å². The van der Waals surface area contributed by atoms with Gasteiger partial charge in [-0.25, -0.2) is 4.98 Å². The van der Waals surface area contributed by atoms with E-state index in [9.17, 15) is 9.90 Å². The van der Waals surface area contributed by atoms with Crippen molar-refractivity contribution in [2.45, 2.75) is 32.9 Å². The van der Waals surface area contributed by atoms with Gasteiger partial charge in [-0.15, -0.1) is 11.3 Å². The average Bonchev–Trinajstić information content (AvgIpc) is 3.27. The van der Waals surface area contributed by atoms with Crippen LogP contribution in [0.4, 0.5) is 0 Å². The summed E-state index contributed by atoms with van der Waals surface area (Å²) in [6.45, 7) is 6.05. The minimum absolute atomic E-state index is 0.151. The van der Waals surface area contributed by atoms with Gasteiger partial charge in [0.25, 0.3) is 5.56 Å². The van der Waals surface area contributed by atoms with Crippen LogP contribution >= 0.6 is 34.5 Å². The molecule has 6 nitrogen and oxygen atoms in total. The number of aliphatic hydroxyl groups excluding tert-OH is 1. The first-order valence-electron chi connectivity index (χ1n) is 11.8. The summed E-state index contributed by atoms with van der Waals surface area (Å²) in [5.74, 6) is 1.73. The van der Waals surface area contributed by atoms with E-state index in [1.54, 1.807) is 24.3 Å². The summed E-state index contributed by atoms with van der Waals surface area (Å²) in [6, 6.07) is 14.5. The Morgan fingerprint density at radius 1 is 1.08 bits per heavy atom. The summed E-state index contributed by atoms with van der Waals surface area (Å²) in [6.07, 6.45) is 0.248. The summed E-state index contributed by atoms with van der Waals surface area (Å²) < 4.78 is 5.71. The number of hydrogen-bond acceptors (Lipinski definition) is 6. The molecule has 1 unspecified atom stereocenters. The molecule has 36 heavy (non-hydrogen) atoms. The molecule has 2 aromatic heterocycles. The van der Waals surface area contributed by atoms with Crippen molar-refractivity contribution >= 4 is 44.8 Å². The van der Waals surface area contributed by atoms with E-state index in [0.717, 1.165) is 24.1 Å². The molecule has 0 saturated heterocycles. The van der Waals surface area contributed by atoms with Gasteiger partial charge >= 0.3 is 0 Å². The number of nitrogens with zero attached hydrogens (tertiary/aromatic N) is 2. The van der Waals surface area contributed by atoms with E-state index in [0.29, 0.717) is 50.8 Å².